The van der Waals surface area contributed by atoms with Crippen molar-refractivity contribution < 1.29 is 4.74 Å². The van der Waals surface area contributed by atoms with Gasteiger partial charge in [-0.15, -0.1) is 0 Å². The quantitative estimate of drug-likeness (QED) is 0.704. The largest absolute Gasteiger partial charge is 0.495 e. The number of hydrogen-bond donors (Lipinski definition) is 0. The number of methoxy groups -OCH3 is 1. The third kappa shape index (κ3) is 3.65. The van der Waals surface area contributed by atoms with E-state index in [0.29, 0.717) is 0 Å². The number of likely N-dealkylation sites (N-methyl/N-ethyl adjacent to an activating group) is 1. The normalized spacial score (nSPS) is 22.0. The van der Waals surface area contributed by atoms with Crippen molar-refractivity contribution in [3.05, 3.63) is 15.8 Å². The Morgan fingerprint density at radius 2 is 1.82 bits per heavy atom. The van der Waals surface area contributed by atoms with Gasteiger partial charge in [-0.2, -0.15) is 0 Å². The van der Waals surface area contributed by atoms with Crippen LogP contribution in [-0.4, -0.2) is 74.3 Å². The molecule has 6 heteroatoms. The zero-order valence-electron chi connectivity index (χ0n) is 13.5. The molecule has 0 radical (unpaired) electrons. The van der Waals surface area contributed by atoms with E-state index in [0.717, 1.165) is 34.3 Å². The summed E-state index contributed by atoms with van der Waals surface area (Å²) in [4.78, 5) is 12.1. The van der Waals surface area contributed by atoms with Crippen LogP contribution in [0.1, 0.15) is 12.8 Å². The van der Waals surface area contributed by atoms with Crippen LogP contribution in [0.4, 0.5) is 5.82 Å². The molecule has 5 nitrogen and oxygen atoms in total. The average molecular weight is 416 g/mol. The Balaban J connectivity index is 1.57. The number of hydrogen-bond acceptors (Lipinski definition) is 5. The van der Waals surface area contributed by atoms with E-state index in [4.69, 9.17) is 4.74 Å². The van der Waals surface area contributed by atoms with Crippen molar-refractivity contribution in [2.75, 3.05) is 58.3 Å². The first-order valence-electron chi connectivity index (χ1n) is 8.04. The van der Waals surface area contributed by atoms with Crippen LogP contribution in [-0.2, 0) is 0 Å². The molecule has 0 atom stereocenters. The number of piperidine rings is 1. The van der Waals surface area contributed by atoms with E-state index < -0.39 is 0 Å². The predicted molar refractivity (Wildman–Crippen MR) is 97.8 cm³/mol. The number of pyridine rings is 1. The van der Waals surface area contributed by atoms with Crippen molar-refractivity contribution >= 4 is 28.4 Å². The van der Waals surface area contributed by atoms with Gasteiger partial charge in [0.25, 0.3) is 0 Å². The molecule has 0 aromatic carbocycles. The third-order valence-electron chi connectivity index (χ3n) is 4.87. The summed E-state index contributed by atoms with van der Waals surface area (Å²) in [5, 5.41) is 0. The van der Waals surface area contributed by atoms with Gasteiger partial charge in [-0.3, -0.25) is 4.90 Å². The summed E-state index contributed by atoms with van der Waals surface area (Å²) in [7, 11) is 3.94. The summed E-state index contributed by atoms with van der Waals surface area (Å²) in [6.45, 7) is 7.03. The highest BCUT2D eigenvalue weighted by molar-refractivity contribution is 14.1. The fourth-order valence-electron chi connectivity index (χ4n) is 3.39. The SMILES string of the molecule is COc1cc(N2CCC(N3CCN(C)CC3)CC2)ncc1I. The summed E-state index contributed by atoms with van der Waals surface area (Å²) in [6, 6.07) is 2.81. The Morgan fingerprint density at radius 3 is 2.45 bits per heavy atom. The molecule has 0 aliphatic carbocycles. The first kappa shape index (κ1) is 16.3. The van der Waals surface area contributed by atoms with E-state index in [1.165, 1.54) is 39.0 Å². The molecule has 0 bridgehead atoms. The highest BCUT2D eigenvalue weighted by Gasteiger charge is 2.27. The standard InChI is InChI=1S/C16H25IN4O/c1-19-7-9-20(10-8-19)13-3-5-21(6-4-13)16-11-15(22-2)14(17)12-18-16/h11-13H,3-10H2,1-2H3. The van der Waals surface area contributed by atoms with Gasteiger partial charge in [0.2, 0.25) is 0 Å². The molecular formula is C16H25IN4O. The number of halogens is 1. The van der Waals surface area contributed by atoms with Crippen LogP contribution in [0, 0.1) is 3.57 Å². The van der Waals surface area contributed by atoms with Crippen molar-refractivity contribution in [1.82, 2.24) is 14.8 Å². The van der Waals surface area contributed by atoms with Crippen LogP contribution in [0.15, 0.2) is 12.3 Å². The number of rotatable bonds is 3. The lowest BCUT2D eigenvalue weighted by atomic mass is 10.0. The van der Waals surface area contributed by atoms with Gasteiger partial charge in [-0.25, -0.2) is 4.98 Å². The number of ether oxygens (including phenoxy) is 1. The van der Waals surface area contributed by atoms with E-state index in [2.05, 4.69) is 55.4 Å². The fourth-order valence-corrected chi connectivity index (χ4v) is 3.90. The number of nitrogens with zero attached hydrogens (tertiary/aromatic N) is 4. The van der Waals surface area contributed by atoms with Crippen molar-refractivity contribution in [3.8, 4) is 5.75 Å². The van der Waals surface area contributed by atoms with Crippen LogP contribution in [0.3, 0.4) is 0 Å². The maximum Gasteiger partial charge on any atom is 0.137 e. The Labute approximate surface area is 146 Å². The highest BCUT2D eigenvalue weighted by atomic mass is 127. The van der Waals surface area contributed by atoms with Gasteiger partial charge in [-0.1, -0.05) is 0 Å². The summed E-state index contributed by atoms with van der Waals surface area (Å²) in [5.74, 6) is 1.97. The molecule has 3 rings (SSSR count). The molecule has 3 heterocycles. The van der Waals surface area contributed by atoms with Gasteiger partial charge >= 0.3 is 0 Å². The summed E-state index contributed by atoms with van der Waals surface area (Å²) >= 11 is 2.27. The van der Waals surface area contributed by atoms with Crippen molar-refractivity contribution in [2.24, 2.45) is 0 Å². The first-order chi connectivity index (χ1) is 10.7. The Morgan fingerprint density at radius 1 is 1.14 bits per heavy atom. The Bertz CT molecular complexity index is 497. The Kier molecular flexibility index (Phi) is 5.41. The van der Waals surface area contributed by atoms with E-state index in [1.807, 2.05) is 6.20 Å². The summed E-state index contributed by atoms with van der Waals surface area (Å²) < 4.78 is 6.48. The molecule has 22 heavy (non-hydrogen) atoms. The van der Waals surface area contributed by atoms with Crippen LogP contribution in [0.2, 0.25) is 0 Å². The van der Waals surface area contributed by atoms with Gasteiger partial charge in [0, 0.05) is 57.6 Å². The van der Waals surface area contributed by atoms with Crippen LogP contribution < -0.4 is 9.64 Å². The minimum atomic E-state index is 0.746. The number of piperazine rings is 1. The molecule has 0 N–H and O–H groups in total. The second-order valence-corrected chi connectivity index (χ2v) is 7.40. The zero-order valence-corrected chi connectivity index (χ0v) is 15.6. The highest BCUT2D eigenvalue weighted by Crippen LogP contribution is 2.27. The van der Waals surface area contributed by atoms with E-state index in [1.54, 1.807) is 7.11 Å². The molecule has 2 fully saturated rings. The van der Waals surface area contributed by atoms with Gasteiger partial charge in [-0.05, 0) is 42.5 Å². The lowest BCUT2D eigenvalue weighted by molar-refractivity contribution is 0.0981. The van der Waals surface area contributed by atoms with Gasteiger partial charge < -0.3 is 14.5 Å². The lowest BCUT2D eigenvalue weighted by Gasteiger charge is -2.42. The third-order valence-corrected chi connectivity index (χ3v) is 5.68. The average Bonchev–Trinajstić information content (AvgIpc) is 2.56. The van der Waals surface area contributed by atoms with Crippen LogP contribution >= 0.6 is 22.6 Å². The maximum atomic E-state index is 5.42. The molecule has 0 amide bonds. The molecule has 0 spiro atoms. The number of anilines is 1. The van der Waals surface area contributed by atoms with Crippen molar-refractivity contribution in [1.29, 1.82) is 0 Å². The molecule has 2 aliphatic rings. The van der Waals surface area contributed by atoms with Crippen molar-refractivity contribution in [3.63, 3.8) is 0 Å². The number of aromatic nitrogens is 1. The predicted octanol–water partition coefficient (Wildman–Crippen LogP) is 1.91. The topological polar surface area (TPSA) is 31.8 Å². The smallest absolute Gasteiger partial charge is 0.137 e. The fraction of sp³-hybridized carbons (Fsp3) is 0.688. The second kappa shape index (κ2) is 7.31. The Hall–Kier alpha value is -0.600. The minimum Gasteiger partial charge on any atom is -0.495 e. The van der Waals surface area contributed by atoms with Crippen LogP contribution in [0.25, 0.3) is 0 Å². The van der Waals surface area contributed by atoms with E-state index in [-0.39, 0.29) is 0 Å². The van der Waals surface area contributed by atoms with Gasteiger partial charge in [0.15, 0.2) is 0 Å². The molecule has 2 aliphatic heterocycles. The van der Waals surface area contributed by atoms with Gasteiger partial charge in [0.1, 0.15) is 11.6 Å². The van der Waals surface area contributed by atoms with E-state index >= 15 is 0 Å². The molecule has 1 aromatic rings. The second-order valence-electron chi connectivity index (χ2n) is 6.23. The minimum absolute atomic E-state index is 0.746. The monoisotopic (exact) mass is 416 g/mol. The molecule has 0 saturated carbocycles. The lowest BCUT2D eigenvalue weighted by Crippen LogP contribution is -2.52. The summed E-state index contributed by atoms with van der Waals surface area (Å²) in [6.07, 6.45) is 4.38. The zero-order chi connectivity index (χ0) is 15.5. The first-order valence-corrected chi connectivity index (χ1v) is 9.12. The maximum absolute atomic E-state index is 5.42. The van der Waals surface area contributed by atoms with Gasteiger partial charge in [0.05, 0.1) is 10.7 Å². The molecule has 1 aromatic heterocycles. The summed E-state index contributed by atoms with van der Waals surface area (Å²) in [5.41, 5.74) is 0. The molecular weight excluding hydrogens is 391 g/mol. The molecule has 0 unspecified atom stereocenters. The molecule has 2 saturated heterocycles. The van der Waals surface area contributed by atoms with Crippen molar-refractivity contribution in [2.45, 2.75) is 18.9 Å². The van der Waals surface area contributed by atoms with E-state index in [9.17, 15) is 0 Å². The van der Waals surface area contributed by atoms with Crippen LogP contribution in [0.5, 0.6) is 5.75 Å². The molecule has 122 valence electrons.